The summed E-state index contributed by atoms with van der Waals surface area (Å²) in [5.41, 5.74) is 0.711. The van der Waals surface area contributed by atoms with Crippen LogP contribution in [0.15, 0.2) is 28.8 Å². The maximum atomic E-state index is 12.1. The quantitative estimate of drug-likeness (QED) is 0.937. The first-order valence-corrected chi connectivity index (χ1v) is 5.68. The van der Waals surface area contributed by atoms with Crippen LogP contribution >= 0.6 is 11.6 Å². The van der Waals surface area contributed by atoms with Crippen LogP contribution in [-0.4, -0.2) is 16.3 Å². The van der Waals surface area contributed by atoms with E-state index in [2.05, 4.69) is 15.5 Å². The second-order valence-electron chi connectivity index (χ2n) is 3.76. The fourth-order valence-corrected chi connectivity index (χ4v) is 1.58. The van der Waals surface area contributed by atoms with Gasteiger partial charge in [-0.2, -0.15) is 18.2 Å². The highest BCUT2D eigenvalue weighted by molar-refractivity contribution is 6.30. The molecule has 2 aromatic rings. The standard InChI is InChI=1S/C11H9ClF3N3O/c12-7-2-1-3-8(4-7)16-6-10-17-9(18-19-10)5-11(13,14)15/h1-4,16H,5-6H2. The first kappa shape index (κ1) is 13.7. The van der Waals surface area contributed by atoms with Crippen LogP contribution in [-0.2, 0) is 13.0 Å². The van der Waals surface area contributed by atoms with Gasteiger partial charge in [0.1, 0.15) is 6.42 Å². The number of hydrogen-bond acceptors (Lipinski definition) is 4. The van der Waals surface area contributed by atoms with Crippen LogP contribution in [0.25, 0.3) is 0 Å². The van der Waals surface area contributed by atoms with Gasteiger partial charge in [0.25, 0.3) is 0 Å². The monoisotopic (exact) mass is 291 g/mol. The molecule has 102 valence electrons. The normalized spacial score (nSPS) is 11.6. The number of rotatable bonds is 4. The highest BCUT2D eigenvalue weighted by atomic mass is 35.5. The lowest BCUT2D eigenvalue weighted by Gasteiger charge is -2.03. The smallest absolute Gasteiger partial charge is 0.376 e. The molecule has 0 saturated heterocycles. The minimum absolute atomic E-state index is 0.0826. The molecule has 0 unspecified atom stereocenters. The summed E-state index contributed by atoms with van der Waals surface area (Å²) >= 11 is 5.79. The Bertz CT molecular complexity index is 556. The average Bonchev–Trinajstić information content (AvgIpc) is 2.72. The highest BCUT2D eigenvalue weighted by Gasteiger charge is 2.30. The molecule has 0 aliphatic carbocycles. The van der Waals surface area contributed by atoms with Crippen LogP contribution in [0.1, 0.15) is 11.7 Å². The minimum Gasteiger partial charge on any atom is -0.376 e. The van der Waals surface area contributed by atoms with Crippen LogP contribution in [0.5, 0.6) is 0 Å². The number of alkyl halides is 3. The molecule has 0 aliphatic heterocycles. The summed E-state index contributed by atoms with van der Waals surface area (Å²) in [4.78, 5) is 3.64. The van der Waals surface area contributed by atoms with Crippen molar-refractivity contribution in [3.05, 3.63) is 41.0 Å². The largest absolute Gasteiger partial charge is 0.396 e. The van der Waals surface area contributed by atoms with Gasteiger partial charge in [-0.25, -0.2) is 0 Å². The van der Waals surface area contributed by atoms with E-state index in [1.807, 2.05) is 0 Å². The number of anilines is 1. The SMILES string of the molecule is FC(F)(F)Cc1noc(CNc2cccc(Cl)c2)n1. The van der Waals surface area contributed by atoms with E-state index in [-0.39, 0.29) is 18.3 Å². The van der Waals surface area contributed by atoms with E-state index < -0.39 is 12.6 Å². The van der Waals surface area contributed by atoms with Crippen molar-refractivity contribution >= 4 is 17.3 Å². The molecular formula is C11H9ClF3N3O. The molecule has 0 saturated carbocycles. The van der Waals surface area contributed by atoms with Gasteiger partial charge >= 0.3 is 6.18 Å². The lowest BCUT2D eigenvalue weighted by molar-refractivity contribution is -0.128. The lowest BCUT2D eigenvalue weighted by atomic mass is 10.3. The molecule has 4 nitrogen and oxygen atoms in total. The predicted octanol–water partition coefficient (Wildman–Crippen LogP) is 3.44. The number of hydrogen-bond donors (Lipinski definition) is 1. The predicted molar refractivity (Wildman–Crippen MR) is 62.8 cm³/mol. The Kier molecular flexibility index (Phi) is 3.94. The van der Waals surface area contributed by atoms with Gasteiger partial charge in [0.15, 0.2) is 5.82 Å². The van der Waals surface area contributed by atoms with Gasteiger partial charge in [0.05, 0.1) is 6.54 Å². The first-order valence-electron chi connectivity index (χ1n) is 5.30. The van der Waals surface area contributed by atoms with Crippen molar-refractivity contribution in [2.75, 3.05) is 5.32 Å². The molecule has 0 atom stereocenters. The fraction of sp³-hybridized carbons (Fsp3) is 0.273. The summed E-state index contributed by atoms with van der Waals surface area (Å²) in [5, 5.41) is 6.72. The fourth-order valence-electron chi connectivity index (χ4n) is 1.39. The molecule has 1 N–H and O–H groups in total. The molecular weight excluding hydrogens is 283 g/mol. The topological polar surface area (TPSA) is 51.0 Å². The van der Waals surface area contributed by atoms with Crippen LogP contribution in [0.3, 0.4) is 0 Å². The van der Waals surface area contributed by atoms with Crippen LogP contribution < -0.4 is 5.32 Å². The van der Waals surface area contributed by atoms with Gasteiger partial charge in [-0.05, 0) is 18.2 Å². The van der Waals surface area contributed by atoms with Gasteiger partial charge in [0.2, 0.25) is 5.89 Å². The van der Waals surface area contributed by atoms with E-state index in [1.165, 1.54) is 0 Å². The molecule has 19 heavy (non-hydrogen) atoms. The first-order chi connectivity index (χ1) is 8.92. The summed E-state index contributed by atoms with van der Waals surface area (Å²) in [6.07, 6.45) is -5.55. The Morgan fingerprint density at radius 3 is 2.79 bits per heavy atom. The Morgan fingerprint density at radius 1 is 1.32 bits per heavy atom. The molecule has 1 heterocycles. The van der Waals surface area contributed by atoms with Crippen molar-refractivity contribution in [2.45, 2.75) is 19.1 Å². The molecule has 1 aromatic carbocycles. The maximum absolute atomic E-state index is 12.1. The summed E-state index contributed by atoms with van der Waals surface area (Å²) < 4.78 is 41.0. The summed E-state index contributed by atoms with van der Waals surface area (Å²) in [7, 11) is 0. The third-order valence-electron chi connectivity index (χ3n) is 2.14. The number of nitrogens with one attached hydrogen (secondary N) is 1. The minimum atomic E-state index is -4.35. The molecule has 0 aliphatic rings. The second kappa shape index (κ2) is 5.48. The average molecular weight is 292 g/mol. The Labute approximate surface area is 111 Å². The molecule has 0 fully saturated rings. The Hall–Kier alpha value is -1.76. The lowest BCUT2D eigenvalue weighted by Crippen LogP contribution is -2.12. The molecule has 0 spiro atoms. The van der Waals surface area contributed by atoms with Gasteiger partial charge in [-0.3, -0.25) is 0 Å². The number of halogens is 4. The molecule has 0 bridgehead atoms. The van der Waals surface area contributed by atoms with E-state index in [4.69, 9.17) is 16.1 Å². The van der Waals surface area contributed by atoms with Gasteiger partial charge < -0.3 is 9.84 Å². The van der Waals surface area contributed by atoms with E-state index in [1.54, 1.807) is 24.3 Å². The van der Waals surface area contributed by atoms with Crippen molar-refractivity contribution in [1.82, 2.24) is 10.1 Å². The van der Waals surface area contributed by atoms with Crippen LogP contribution in [0, 0.1) is 0 Å². The summed E-state index contributed by atoms with van der Waals surface area (Å²) in [6, 6.07) is 6.89. The summed E-state index contributed by atoms with van der Waals surface area (Å²) in [5.74, 6) is -0.297. The number of benzene rings is 1. The van der Waals surface area contributed by atoms with Gasteiger partial charge in [-0.15, -0.1) is 0 Å². The van der Waals surface area contributed by atoms with Crippen molar-refractivity contribution in [1.29, 1.82) is 0 Å². The van der Waals surface area contributed by atoms with E-state index in [0.29, 0.717) is 10.7 Å². The molecule has 8 heteroatoms. The van der Waals surface area contributed by atoms with Crippen molar-refractivity contribution in [3.63, 3.8) is 0 Å². The van der Waals surface area contributed by atoms with Crippen molar-refractivity contribution < 1.29 is 17.7 Å². The van der Waals surface area contributed by atoms with Crippen LogP contribution in [0.4, 0.5) is 18.9 Å². The van der Waals surface area contributed by atoms with Crippen LogP contribution in [0.2, 0.25) is 5.02 Å². The maximum Gasteiger partial charge on any atom is 0.396 e. The van der Waals surface area contributed by atoms with Gasteiger partial charge in [-0.1, -0.05) is 22.8 Å². The highest BCUT2D eigenvalue weighted by Crippen LogP contribution is 2.20. The molecule has 1 aromatic heterocycles. The van der Waals surface area contributed by atoms with E-state index >= 15 is 0 Å². The molecule has 2 rings (SSSR count). The molecule has 0 amide bonds. The van der Waals surface area contributed by atoms with Crippen molar-refractivity contribution in [2.24, 2.45) is 0 Å². The second-order valence-corrected chi connectivity index (χ2v) is 4.20. The number of aromatic nitrogens is 2. The zero-order valence-corrected chi connectivity index (χ0v) is 10.3. The summed E-state index contributed by atoms with van der Waals surface area (Å²) in [6.45, 7) is 0.130. The zero-order chi connectivity index (χ0) is 13.9. The van der Waals surface area contributed by atoms with Gasteiger partial charge in [0, 0.05) is 10.7 Å². The van der Waals surface area contributed by atoms with E-state index in [0.717, 1.165) is 0 Å². The van der Waals surface area contributed by atoms with Crippen molar-refractivity contribution in [3.8, 4) is 0 Å². The van der Waals surface area contributed by atoms with E-state index in [9.17, 15) is 13.2 Å². The Morgan fingerprint density at radius 2 is 2.11 bits per heavy atom. The molecule has 0 radical (unpaired) electrons. The Balaban J connectivity index is 1.93. The number of nitrogens with zero attached hydrogens (tertiary/aromatic N) is 2. The third-order valence-corrected chi connectivity index (χ3v) is 2.37. The third kappa shape index (κ3) is 4.44. The zero-order valence-electron chi connectivity index (χ0n) is 9.54.